The molecule has 0 fully saturated rings. The van der Waals surface area contributed by atoms with Gasteiger partial charge in [-0.25, -0.2) is 4.98 Å². The lowest BCUT2D eigenvalue weighted by Gasteiger charge is -2.08. The van der Waals surface area contributed by atoms with E-state index in [1.165, 1.54) is 0 Å². The molecule has 0 bridgehead atoms. The van der Waals surface area contributed by atoms with Crippen molar-refractivity contribution in [3.8, 4) is 11.5 Å². The molecule has 0 aliphatic carbocycles. The fraction of sp³-hybridized carbons (Fsp3) is 0.250. The second-order valence-electron chi connectivity index (χ2n) is 5.69. The first-order valence-corrected chi connectivity index (χ1v) is 8.20. The summed E-state index contributed by atoms with van der Waals surface area (Å²) in [5.74, 6) is 1.67. The van der Waals surface area contributed by atoms with Crippen molar-refractivity contribution < 1.29 is 9.47 Å². The smallest absolute Gasteiger partial charge is 0.127 e. The molecule has 4 heteroatoms. The van der Waals surface area contributed by atoms with Crippen molar-refractivity contribution in [2.45, 2.75) is 26.4 Å². The highest BCUT2D eigenvalue weighted by Crippen LogP contribution is 2.22. The highest BCUT2D eigenvalue weighted by molar-refractivity contribution is 5.33. The lowest BCUT2D eigenvalue weighted by atomic mass is 10.2. The van der Waals surface area contributed by atoms with Crippen LogP contribution in [0.15, 0.2) is 60.9 Å². The van der Waals surface area contributed by atoms with Gasteiger partial charge in [0.15, 0.2) is 0 Å². The Morgan fingerprint density at radius 1 is 1.00 bits per heavy atom. The molecule has 1 N–H and O–H groups in total. The second-order valence-corrected chi connectivity index (χ2v) is 5.69. The number of ether oxygens (including phenoxy) is 2. The fourth-order valence-corrected chi connectivity index (χ4v) is 2.49. The van der Waals surface area contributed by atoms with Gasteiger partial charge in [-0.1, -0.05) is 30.3 Å². The third kappa shape index (κ3) is 4.70. The number of aryl methyl sites for hydroxylation is 2. The number of nitrogens with one attached hydrogen (secondary N) is 1. The first-order chi connectivity index (χ1) is 11.8. The minimum absolute atomic E-state index is 0.589. The molecule has 1 aromatic heterocycles. The molecule has 0 amide bonds. The van der Waals surface area contributed by atoms with Crippen LogP contribution < -0.4 is 4.74 Å². The van der Waals surface area contributed by atoms with Crippen molar-refractivity contribution in [3.63, 3.8) is 0 Å². The predicted octanol–water partition coefficient (Wildman–Crippen LogP) is 4.66. The first-order valence-electron chi connectivity index (χ1n) is 8.20. The number of imidazole rings is 1. The van der Waals surface area contributed by atoms with E-state index in [1.807, 2.05) is 55.5 Å². The van der Waals surface area contributed by atoms with Crippen LogP contribution in [0.2, 0.25) is 0 Å². The Bertz CT molecular complexity index is 753. The van der Waals surface area contributed by atoms with Gasteiger partial charge in [0, 0.05) is 12.3 Å². The van der Waals surface area contributed by atoms with Crippen molar-refractivity contribution in [2.24, 2.45) is 0 Å². The quantitative estimate of drug-likeness (QED) is 0.614. The molecule has 124 valence electrons. The Labute approximate surface area is 142 Å². The van der Waals surface area contributed by atoms with E-state index in [4.69, 9.17) is 9.47 Å². The standard InChI is InChI=1S/C20H22N2O2/c1-16-20(22-15-21-16)11-6-12-23-14-17-7-5-10-19(13-17)24-18-8-3-2-4-9-18/h2-5,7-10,13,15H,6,11-12,14H2,1H3,(H,21,22). The number of hydrogen-bond acceptors (Lipinski definition) is 3. The molecule has 3 aromatic rings. The minimum atomic E-state index is 0.589. The average Bonchev–Trinajstić information content (AvgIpc) is 3.01. The van der Waals surface area contributed by atoms with E-state index in [2.05, 4.69) is 16.0 Å². The zero-order chi connectivity index (χ0) is 16.6. The Kier molecular flexibility index (Phi) is 5.64. The van der Waals surface area contributed by atoms with Crippen LogP contribution in [0, 0.1) is 6.92 Å². The van der Waals surface area contributed by atoms with Crippen LogP contribution in [0.4, 0.5) is 0 Å². The van der Waals surface area contributed by atoms with Gasteiger partial charge < -0.3 is 14.5 Å². The number of benzene rings is 2. The summed E-state index contributed by atoms with van der Waals surface area (Å²) in [5, 5.41) is 0. The van der Waals surface area contributed by atoms with Crippen LogP contribution in [-0.2, 0) is 17.8 Å². The van der Waals surface area contributed by atoms with Crippen molar-refractivity contribution >= 4 is 0 Å². The number of aromatic nitrogens is 2. The van der Waals surface area contributed by atoms with Gasteiger partial charge in [0.25, 0.3) is 0 Å². The molecule has 0 atom stereocenters. The van der Waals surface area contributed by atoms with E-state index in [-0.39, 0.29) is 0 Å². The van der Waals surface area contributed by atoms with E-state index in [0.29, 0.717) is 6.61 Å². The Balaban J connectivity index is 1.44. The Hall–Kier alpha value is -2.59. The normalized spacial score (nSPS) is 10.7. The lowest BCUT2D eigenvalue weighted by Crippen LogP contribution is -1.99. The highest BCUT2D eigenvalue weighted by atomic mass is 16.5. The van der Waals surface area contributed by atoms with Crippen molar-refractivity contribution in [1.82, 2.24) is 9.97 Å². The zero-order valence-electron chi connectivity index (χ0n) is 13.9. The summed E-state index contributed by atoms with van der Waals surface area (Å²) in [7, 11) is 0. The van der Waals surface area contributed by atoms with Crippen LogP contribution in [0.1, 0.15) is 23.4 Å². The topological polar surface area (TPSA) is 47.1 Å². The fourth-order valence-electron chi connectivity index (χ4n) is 2.49. The molecule has 0 saturated heterocycles. The summed E-state index contributed by atoms with van der Waals surface area (Å²) in [6.07, 6.45) is 3.64. The van der Waals surface area contributed by atoms with Gasteiger partial charge in [-0.3, -0.25) is 0 Å². The summed E-state index contributed by atoms with van der Waals surface area (Å²) >= 11 is 0. The summed E-state index contributed by atoms with van der Waals surface area (Å²) in [5.41, 5.74) is 3.37. The number of H-pyrrole nitrogens is 1. The number of para-hydroxylation sites is 1. The van der Waals surface area contributed by atoms with Crippen LogP contribution in [0.5, 0.6) is 11.5 Å². The maximum absolute atomic E-state index is 5.84. The van der Waals surface area contributed by atoms with Gasteiger partial charge in [-0.15, -0.1) is 0 Å². The molecule has 0 spiro atoms. The van der Waals surface area contributed by atoms with Crippen molar-refractivity contribution in [1.29, 1.82) is 0 Å². The highest BCUT2D eigenvalue weighted by Gasteiger charge is 2.02. The van der Waals surface area contributed by atoms with E-state index in [1.54, 1.807) is 6.33 Å². The monoisotopic (exact) mass is 322 g/mol. The van der Waals surface area contributed by atoms with E-state index in [9.17, 15) is 0 Å². The molecule has 0 aliphatic rings. The van der Waals surface area contributed by atoms with Crippen molar-refractivity contribution in [3.05, 3.63) is 77.9 Å². The maximum atomic E-state index is 5.84. The maximum Gasteiger partial charge on any atom is 0.127 e. The van der Waals surface area contributed by atoms with Gasteiger partial charge in [0.1, 0.15) is 11.5 Å². The number of aromatic amines is 1. The molecule has 1 heterocycles. The third-order valence-electron chi connectivity index (χ3n) is 3.78. The number of nitrogens with zero attached hydrogens (tertiary/aromatic N) is 1. The van der Waals surface area contributed by atoms with E-state index >= 15 is 0 Å². The molecule has 3 rings (SSSR count). The van der Waals surface area contributed by atoms with Gasteiger partial charge in [0.2, 0.25) is 0 Å². The van der Waals surface area contributed by atoms with Crippen LogP contribution in [0.25, 0.3) is 0 Å². The molecular weight excluding hydrogens is 300 g/mol. The minimum Gasteiger partial charge on any atom is -0.457 e. The van der Waals surface area contributed by atoms with Crippen LogP contribution >= 0.6 is 0 Å². The summed E-state index contributed by atoms with van der Waals surface area (Å²) < 4.78 is 11.6. The third-order valence-corrected chi connectivity index (χ3v) is 3.78. The van der Waals surface area contributed by atoms with Gasteiger partial charge in [0.05, 0.1) is 18.6 Å². The molecular formula is C20H22N2O2. The van der Waals surface area contributed by atoms with Crippen molar-refractivity contribution in [2.75, 3.05) is 6.61 Å². The molecule has 0 unspecified atom stereocenters. The average molecular weight is 322 g/mol. The second kappa shape index (κ2) is 8.31. The molecule has 4 nitrogen and oxygen atoms in total. The molecule has 24 heavy (non-hydrogen) atoms. The number of rotatable bonds is 8. The SMILES string of the molecule is Cc1[nH]cnc1CCCOCc1cccc(Oc2ccccc2)c1. The summed E-state index contributed by atoms with van der Waals surface area (Å²) in [6, 6.07) is 17.8. The van der Waals surface area contributed by atoms with E-state index in [0.717, 1.165) is 47.9 Å². The Morgan fingerprint density at radius 3 is 2.62 bits per heavy atom. The summed E-state index contributed by atoms with van der Waals surface area (Å²) in [4.78, 5) is 7.39. The first kappa shape index (κ1) is 16.3. The number of hydrogen-bond donors (Lipinski definition) is 1. The van der Waals surface area contributed by atoms with Gasteiger partial charge >= 0.3 is 0 Å². The Morgan fingerprint density at radius 2 is 1.83 bits per heavy atom. The van der Waals surface area contributed by atoms with Gasteiger partial charge in [-0.2, -0.15) is 0 Å². The van der Waals surface area contributed by atoms with E-state index < -0.39 is 0 Å². The van der Waals surface area contributed by atoms with Crippen LogP contribution in [-0.4, -0.2) is 16.6 Å². The lowest BCUT2D eigenvalue weighted by molar-refractivity contribution is 0.118. The predicted molar refractivity (Wildman–Crippen MR) is 94.3 cm³/mol. The van der Waals surface area contributed by atoms with Crippen LogP contribution in [0.3, 0.4) is 0 Å². The largest absolute Gasteiger partial charge is 0.457 e. The molecule has 0 aliphatic heterocycles. The summed E-state index contributed by atoms with van der Waals surface area (Å²) in [6.45, 7) is 3.35. The molecule has 0 radical (unpaired) electrons. The molecule has 0 saturated carbocycles. The van der Waals surface area contributed by atoms with Gasteiger partial charge in [-0.05, 0) is 49.6 Å². The zero-order valence-corrected chi connectivity index (χ0v) is 13.9. The molecule has 2 aromatic carbocycles.